The highest BCUT2D eigenvalue weighted by molar-refractivity contribution is 6.35. The molecular weight excluding hydrogens is 493 g/mol. The lowest BCUT2D eigenvalue weighted by Gasteiger charge is -2.27. The molecule has 0 aliphatic rings. The van der Waals surface area contributed by atoms with Crippen molar-refractivity contribution in [1.82, 2.24) is 15.1 Å². The summed E-state index contributed by atoms with van der Waals surface area (Å²) in [7, 11) is 0. The first kappa shape index (κ1) is 26.5. The minimum Gasteiger partial charge on any atom is -0.481 e. The molecule has 186 valence electrons. The molecule has 1 heterocycles. The number of benzene rings is 2. The summed E-state index contributed by atoms with van der Waals surface area (Å²) in [5.41, 5.74) is -0.0348. The number of nitrogens with one attached hydrogen (secondary N) is 1. The number of carboxylic acid groups (broad SMARTS) is 1. The van der Waals surface area contributed by atoms with Crippen molar-refractivity contribution in [2.75, 3.05) is 6.61 Å². The lowest BCUT2D eigenvalue weighted by atomic mass is 9.94. The first-order valence-electron chi connectivity index (χ1n) is 11.0. The standard InChI is InChI=1S/C25H27Cl2N3O5/c1-15(2)25(3,34)14-35-22-12-21(29-30(22)17-7-5-4-6-8-17)24(33)28-20(13-23(31)32)18-10-9-16(26)11-19(18)27/h4-12,15,20,34H,13-14H2,1-3H3,(H,28,33)(H,31,32). The van der Waals surface area contributed by atoms with Gasteiger partial charge in [-0.1, -0.05) is 61.3 Å². The molecule has 2 unspecified atom stereocenters. The lowest BCUT2D eigenvalue weighted by molar-refractivity contribution is -0.137. The van der Waals surface area contributed by atoms with Gasteiger partial charge in [0.25, 0.3) is 5.91 Å². The van der Waals surface area contributed by atoms with Gasteiger partial charge in [0.2, 0.25) is 5.88 Å². The number of carbonyl (C=O) groups excluding carboxylic acids is 1. The van der Waals surface area contributed by atoms with Crippen LogP contribution >= 0.6 is 23.2 Å². The Morgan fingerprint density at radius 3 is 2.43 bits per heavy atom. The molecule has 3 N–H and O–H groups in total. The van der Waals surface area contributed by atoms with Gasteiger partial charge in [-0.25, -0.2) is 4.68 Å². The molecule has 35 heavy (non-hydrogen) atoms. The van der Waals surface area contributed by atoms with Crippen LogP contribution in [0.1, 0.15) is 49.3 Å². The highest BCUT2D eigenvalue weighted by Gasteiger charge is 2.28. The van der Waals surface area contributed by atoms with Crippen molar-refractivity contribution >= 4 is 35.1 Å². The Morgan fingerprint density at radius 2 is 1.83 bits per heavy atom. The Kier molecular flexibility index (Phi) is 8.43. The number of halogens is 2. The van der Waals surface area contributed by atoms with Gasteiger partial charge in [-0.3, -0.25) is 9.59 Å². The number of aliphatic hydroxyl groups is 1. The maximum Gasteiger partial charge on any atom is 0.305 e. The topological polar surface area (TPSA) is 114 Å². The number of ether oxygens (including phenoxy) is 1. The van der Waals surface area contributed by atoms with Crippen molar-refractivity contribution in [2.24, 2.45) is 5.92 Å². The number of amides is 1. The van der Waals surface area contributed by atoms with Crippen LogP contribution in [0.15, 0.2) is 54.6 Å². The second kappa shape index (κ2) is 11.1. The van der Waals surface area contributed by atoms with E-state index in [9.17, 15) is 19.8 Å². The molecule has 2 atom stereocenters. The smallest absolute Gasteiger partial charge is 0.305 e. The van der Waals surface area contributed by atoms with Gasteiger partial charge >= 0.3 is 5.97 Å². The van der Waals surface area contributed by atoms with E-state index in [1.165, 1.54) is 16.8 Å². The number of hydrogen-bond acceptors (Lipinski definition) is 5. The number of para-hydroxylation sites is 1. The van der Waals surface area contributed by atoms with E-state index >= 15 is 0 Å². The monoisotopic (exact) mass is 519 g/mol. The maximum absolute atomic E-state index is 13.1. The largest absolute Gasteiger partial charge is 0.481 e. The third kappa shape index (κ3) is 6.75. The van der Waals surface area contributed by atoms with E-state index in [0.717, 1.165) is 0 Å². The van der Waals surface area contributed by atoms with Crippen molar-refractivity contribution in [1.29, 1.82) is 0 Å². The number of rotatable bonds is 10. The van der Waals surface area contributed by atoms with Gasteiger partial charge < -0.3 is 20.3 Å². The number of aliphatic carboxylic acids is 1. The molecule has 10 heteroatoms. The second-order valence-electron chi connectivity index (χ2n) is 8.71. The van der Waals surface area contributed by atoms with E-state index in [0.29, 0.717) is 16.3 Å². The van der Waals surface area contributed by atoms with Crippen molar-refractivity contribution in [3.05, 3.63) is 75.9 Å². The average Bonchev–Trinajstić information content (AvgIpc) is 3.22. The van der Waals surface area contributed by atoms with E-state index < -0.39 is 29.9 Å². The van der Waals surface area contributed by atoms with E-state index in [1.54, 1.807) is 31.2 Å². The molecule has 0 saturated carbocycles. The van der Waals surface area contributed by atoms with Crippen molar-refractivity contribution in [2.45, 2.75) is 38.8 Å². The number of aromatic nitrogens is 2. The Labute approximate surface area is 213 Å². The maximum atomic E-state index is 13.1. The van der Waals surface area contributed by atoms with Crippen LogP contribution in [0, 0.1) is 5.92 Å². The summed E-state index contributed by atoms with van der Waals surface area (Å²) in [5.74, 6) is -1.55. The highest BCUT2D eigenvalue weighted by Crippen LogP contribution is 2.29. The average molecular weight is 520 g/mol. The van der Waals surface area contributed by atoms with Gasteiger partial charge in [0.15, 0.2) is 5.69 Å². The van der Waals surface area contributed by atoms with E-state index in [1.807, 2.05) is 32.0 Å². The second-order valence-corrected chi connectivity index (χ2v) is 9.55. The fourth-order valence-electron chi connectivity index (χ4n) is 3.15. The molecule has 0 fully saturated rings. The molecule has 0 aliphatic carbocycles. The zero-order chi connectivity index (χ0) is 25.8. The Morgan fingerprint density at radius 1 is 1.14 bits per heavy atom. The highest BCUT2D eigenvalue weighted by atomic mass is 35.5. The fourth-order valence-corrected chi connectivity index (χ4v) is 3.69. The summed E-state index contributed by atoms with van der Waals surface area (Å²) in [4.78, 5) is 24.6. The molecule has 0 spiro atoms. The van der Waals surface area contributed by atoms with Gasteiger partial charge in [-0.05, 0) is 42.7 Å². The molecule has 1 amide bonds. The van der Waals surface area contributed by atoms with E-state index in [-0.39, 0.29) is 29.1 Å². The number of nitrogens with zero attached hydrogens (tertiary/aromatic N) is 2. The van der Waals surface area contributed by atoms with Crippen LogP contribution in [-0.4, -0.2) is 44.1 Å². The van der Waals surface area contributed by atoms with Crippen LogP contribution < -0.4 is 10.1 Å². The van der Waals surface area contributed by atoms with Crippen LogP contribution in [0.2, 0.25) is 10.0 Å². The summed E-state index contributed by atoms with van der Waals surface area (Å²) in [6, 6.07) is 14.2. The molecular formula is C25H27Cl2N3O5. The van der Waals surface area contributed by atoms with Gasteiger partial charge in [-0.2, -0.15) is 5.10 Å². The predicted molar refractivity (Wildman–Crippen MR) is 133 cm³/mol. The van der Waals surface area contributed by atoms with Crippen molar-refractivity contribution in [3.8, 4) is 11.6 Å². The van der Waals surface area contributed by atoms with Gasteiger partial charge in [0.05, 0.1) is 23.8 Å². The zero-order valence-electron chi connectivity index (χ0n) is 19.5. The molecule has 8 nitrogen and oxygen atoms in total. The van der Waals surface area contributed by atoms with Crippen LogP contribution in [0.25, 0.3) is 5.69 Å². The first-order chi connectivity index (χ1) is 16.5. The van der Waals surface area contributed by atoms with Crippen molar-refractivity contribution in [3.63, 3.8) is 0 Å². The first-order valence-corrected chi connectivity index (χ1v) is 11.7. The normalized spacial score (nSPS) is 13.8. The lowest BCUT2D eigenvalue weighted by Crippen LogP contribution is -2.38. The third-order valence-corrected chi connectivity index (χ3v) is 6.25. The number of hydrogen-bond donors (Lipinski definition) is 3. The van der Waals surface area contributed by atoms with E-state index in [2.05, 4.69) is 10.4 Å². The van der Waals surface area contributed by atoms with Crippen LogP contribution in [0.4, 0.5) is 0 Å². The molecule has 0 bridgehead atoms. The van der Waals surface area contributed by atoms with Gasteiger partial charge in [0, 0.05) is 16.1 Å². The summed E-state index contributed by atoms with van der Waals surface area (Å²) in [6.07, 6.45) is -0.396. The SMILES string of the molecule is CC(C)C(C)(O)COc1cc(C(=O)NC(CC(=O)O)c2ccc(Cl)cc2Cl)nn1-c1ccccc1. The molecule has 3 aromatic rings. The minimum atomic E-state index is -1.11. The summed E-state index contributed by atoms with van der Waals surface area (Å²) >= 11 is 12.2. The van der Waals surface area contributed by atoms with Gasteiger partial charge in [-0.15, -0.1) is 0 Å². The summed E-state index contributed by atoms with van der Waals surface area (Å²) in [5, 5.41) is 27.7. The third-order valence-electron chi connectivity index (χ3n) is 5.69. The fraction of sp³-hybridized carbons (Fsp3) is 0.320. The Bertz CT molecular complexity index is 1200. The molecule has 1 aromatic heterocycles. The van der Waals surface area contributed by atoms with Crippen LogP contribution in [0.5, 0.6) is 5.88 Å². The van der Waals surface area contributed by atoms with Gasteiger partial charge in [0.1, 0.15) is 6.61 Å². The minimum absolute atomic E-state index is 0.00789. The Hall–Kier alpha value is -3.07. The summed E-state index contributed by atoms with van der Waals surface area (Å²) < 4.78 is 7.33. The summed E-state index contributed by atoms with van der Waals surface area (Å²) in [6.45, 7) is 5.40. The molecule has 0 saturated heterocycles. The quantitative estimate of drug-likeness (QED) is 0.350. The van der Waals surface area contributed by atoms with E-state index in [4.69, 9.17) is 27.9 Å². The molecule has 0 radical (unpaired) electrons. The zero-order valence-corrected chi connectivity index (χ0v) is 21.0. The number of carboxylic acids is 1. The molecule has 3 rings (SSSR count). The van der Waals surface area contributed by atoms with Crippen LogP contribution in [0.3, 0.4) is 0 Å². The molecule has 0 aliphatic heterocycles. The number of carbonyl (C=O) groups is 2. The van der Waals surface area contributed by atoms with Crippen LogP contribution in [-0.2, 0) is 4.79 Å². The Balaban J connectivity index is 1.92. The van der Waals surface area contributed by atoms with Crippen molar-refractivity contribution < 1.29 is 24.5 Å². The predicted octanol–water partition coefficient (Wildman–Crippen LogP) is 4.91. The molecule has 2 aromatic carbocycles.